The van der Waals surface area contributed by atoms with Crippen molar-refractivity contribution in [1.29, 1.82) is 0 Å². The first-order valence-corrected chi connectivity index (χ1v) is 6.40. The number of hydrogen-bond acceptors (Lipinski definition) is 3. The van der Waals surface area contributed by atoms with Crippen molar-refractivity contribution >= 4 is 5.82 Å². The Kier molecular flexibility index (Phi) is 3.65. The molecule has 0 aliphatic rings. The highest BCUT2D eigenvalue weighted by Crippen LogP contribution is 2.17. The number of nitrogens with zero attached hydrogens (tertiary/aromatic N) is 3. The molecule has 0 aromatic carbocycles. The van der Waals surface area contributed by atoms with Crippen molar-refractivity contribution in [3.05, 3.63) is 40.8 Å². The fraction of sp³-hybridized carbons (Fsp3) is 0.429. The number of hydrogen-bond donors (Lipinski definition) is 1. The molecule has 0 amide bonds. The summed E-state index contributed by atoms with van der Waals surface area (Å²) in [5, 5.41) is 4.55. The van der Waals surface area contributed by atoms with E-state index in [1.54, 1.807) is 6.20 Å². The van der Waals surface area contributed by atoms with Gasteiger partial charge in [-0.15, -0.1) is 0 Å². The average Bonchev–Trinajstić information content (AvgIpc) is 2.76. The number of nitrogens with two attached hydrogens (primary N) is 1. The van der Waals surface area contributed by atoms with Crippen molar-refractivity contribution in [2.45, 2.75) is 40.2 Å². The second-order valence-corrected chi connectivity index (χ2v) is 4.53. The van der Waals surface area contributed by atoms with Crippen LogP contribution in [-0.2, 0) is 19.4 Å². The Balaban J connectivity index is 2.32. The number of anilines is 1. The predicted molar refractivity (Wildman–Crippen MR) is 73.5 cm³/mol. The maximum absolute atomic E-state index is 5.93. The number of pyridine rings is 1. The number of aromatic nitrogens is 3. The molecule has 0 saturated carbocycles. The summed E-state index contributed by atoms with van der Waals surface area (Å²) in [7, 11) is 0. The molecule has 96 valence electrons. The van der Waals surface area contributed by atoms with Gasteiger partial charge in [-0.2, -0.15) is 5.10 Å². The van der Waals surface area contributed by atoms with E-state index in [0.717, 1.165) is 36.2 Å². The van der Waals surface area contributed by atoms with Crippen LogP contribution in [0.4, 0.5) is 5.82 Å². The first-order chi connectivity index (χ1) is 8.63. The number of aryl methyl sites for hydroxylation is 3. The third kappa shape index (κ3) is 2.53. The standard InChI is InChI=1S/C14H20N4/c1-4-12-8-13(18(5-2)17-12)7-11-6-10(3)9-16-14(11)15/h6,8-9H,4-5,7H2,1-3H3,(H2,15,16). The van der Waals surface area contributed by atoms with Crippen LogP contribution in [0.15, 0.2) is 18.3 Å². The SMILES string of the molecule is CCc1cc(Cc2cc(C)cnc2N)n(CC)n1. The Morgan fingerprint density at radius 3 is 2.72 bits per heavy atom. The minimum atomic E-state index is 0.613. The Morgan fingerprint density at radius 2 is 2.06 bits per heavy atom. The van der Waals surface area contributed by atoms with Gasteiger partial charge in [-0.3, -0.25) is 4.68 Å². The monoisotopic (exact) mass is 244 g/mol. The minimum absolute atomic E-state index is 0.613. The topological polar surface area (TPSA) is 56.7 Å². The summed E-state index contributed by atoms with van der Waals surface area (Å²) in [5.41, 5.74) is 10.5. The maximum Gasteiger partial charge on any atom is 0.126 e. The summed E-state index contributed by atoms with van der Waals surface area (Å²) >= 11 is 0. The molecule has 0 aliphatic carbocycles. The van der Waals surface area contributed by atoms with Crippen molar-refractivity contribution < 1.29 is 0 Å². The van der Waals surface area contributed by atoms with Gasteiger partial charge in [0.25, 0.3) is 0 Å². The van der Waals surface area contributed by atoms with Gasteiger partial charge in [0.2, 0.25) is 0 Å². The smallest absolute Gasteiger partial charge is 0.126 e. The quantitative estimate of drug-likeness (QED) is 0.898. The molecule has 18 heavy (non-hydrogen) atoms. The van der Waals surface area contributed by atoms with Crippen LogP contribution in [0.5, 0.6) is 0 Å². The van der Waals surface area contributed by atoms with E-state index < -0.39 is 0 Å². The molecule has 2 N–H and O–H groups in total. The van der Waals surface area contributed by atoms with Crippen LogP contribution < -0.4 is 5.73 Å². The summed E-state index contributed by atoms with van der Waals surface area (Å²) in [4.78, 5) is 4.21. The molecule has 0 fully saturated rings. The van der Waals surface area contributed by atoms with E-state index in [2.05, 4.69) is 36.1 Å². The summed E-state index contributed by atoms with van der Waals surface area (Å²) in [6.45, 7) is 7.14. The van der Waals surface area contributed by atoms with Crippen LogP contribution in [-0.4, -0.2) is 14.8 Å². The van der Waals surface area contributed by atoms with Crippen LogP contribution in [0.1, 0.15) is 36.4 Å². The summed E-state index contributed by atoms with van der Waals surface area (Å²) in [5.74, 6) is 0.613. The van der Waals surface area contributed by atoms with Gasteiger partial charge in [0, 0.05) is 30.4 Å². The first-order valence-electron chi connectivity index (χ1n) is 6.40. The van der Waals surface area contributed by atoms with Gasteiger partial charge in [0.15, 0.2) is 0 Å². The van der Waals surface area contributed by atoms with Crippen LogP contribution in [0.2, 0.25) is 0 Å². The van der Waals surface area contributed by atoms with Crippen molar-refractivity contribution in [2.75, 3.05) is 5.73 Å². The van der Waals surface area contributed by atoms with E-state index in [4.69, 9.17) is 5.73 Å². The van der Waals surface area contributed by atoms with Crippen LogP contribution in [0.25, 0.3) is 0 Å². The van der Waals surface area contributed by atoms with Crippen LogP contribution in [0, 0.1) is 6.92 Å². The Morgan fingerprint density at radius 1 is 1.28 bits per heavy atom. The molecule has 0 unspecified atom stereocenters. The molecule has 2 heterocycles. The Hall–Kier alpha value is -1.84. The lowest BCUT2D eigenvalue weighted by molar-refractivity contribution is 0.621. The predicted octanol–water partition coefficient (Wildman–Crippen LogP) is 2.34. The molecule has 2 rings (SSSR count). The van der Waals surface area contributed by atoms with Gasteiger partial charge in [-0.25, -0.2) is 4.98 Å². The largest absolute Gasteiger partial charge is 0.383 e. The molecule has 0 radical (unpaired) electrons. The van der Waals surface area contributed by atoms with E-state index in [9.17, 15) is 0 Å². The molecule has 0 atom stereocenters. The third-order valence-corrected chi connectivity index (χ3v) is 3.09. The fourth-order valence-corrected chi connectivity index (χ4v) is 2.08. The fourth-order valence-electron chi connectivity index (χ4n) is 2.08. The van der Waals surface area contributed by atoms with Crippen molar-refractivity contribution in [1.82, 2.24) is 14.8 Å². The Bertz CT molecular complexity index is 543. The zero-order chi connectivity index (χ0) is 13.1. The second-order valence-electron chi connectivity index (χ2n) is 4.53. The molecule has 4 heteroatoms. The van der Waals surface area contributed by atoms with E-state index in [1.807, 2.05) is 11.6 Å². The highest BCUT2D eigenvalue weighted by Gasteiger charge is 2.09. The molecular weight excluding hydrogens is 224 g/mol. The molecule has 0 saturated heterocycles. The minimum Gasteiger partial charge on any atom is -0.383 e. The van der Waals surface area contributed by atoms with E-state index in [0.29, 0.717) is 5.82 Å². The zero-order valence-electron chi connectivity index (χ0n) is 11.3. The lowest BCUT2D eigenvalue weighted by atomic mass is 10.1. The van der Waals surface area contributed by atoms with E-state index in [1.165, 1.54) is 5.69 Å². The number of nitrogen functional groups attached to an aromatic ring is 1. The van der Waals surface area contributed by atoms with Crippen molar-refractivity contribution in [3.63, 3.8) is 0 Å². The van der Waals surface area contributed by atoms with E-state index >= 15 is 0 Å². The lowest BCUT2D eigenvalue weighted by Crippen LogP contribution is -2.06. The zero-order valence-corrected chi connectivity index (χ0v) is 11.3. The average molecular weight is 244 g/mol. The molecule has 2 aromatic rings. The molecule has 0 bridgehead atoms. The molecule has 0 spiro atoms. The van der Waals surface area contributed by atoms with Gasteiger partial charge in [-0.05, 0) is 31.9 Å². The van der Waals surface area contributed by atoms with Crippen LogP contribution >= 0.6 is 0 Å². The lowest BCUT2D eigenvalue weighted by Gasteiger charge is -2.07. The first kappa shape index (κ1) is 12.6. The van der Waals surface area contributed by atoms with Gasteiger partial charge >= 0.3 is 0 Å². The van der Waals surface area contributed by atoms with Gasteiger partial charge in [0.05, 0.1) is 5.69 Å². The van der Waals surface area contributed by atoms with E-state index in [-0.39, 0.29) is 0 Å². The summed E-state index contributed by atoms with van der Waals surface area (Å²) in [6.07, 6.45) is 3.55. The molecule has 4 nitrogen and oxygen atoms in total. The van der Waals surface area contributed by atoms with Gasteiger partial charge in [-0.1, -0.05) is 13.0 Å². The summed E-state index contributed by atoms with van der Waals surface area (Å²) in [6, 6.07) is 4.26. The molecular formula is C14H20N4. The van der Waals surface area contributed by atoms with Gasteiger partial charge in [0.1, 0.15) is 5.82 Å². The van der Waals surface area contributed by atoms with Crippen molar-refractivity contribution in [2.24, 2.45) is 0 Å². The summed E-state index contributed by atoms with van der Waals surface area (Å²) < 4.78 is 2.04. The maximum atomic E-state index is 5.93. The number of rotatable bonds is 4. The van der Waals surface area contributed by atoms with Crippen molar-refractivity contribution in [3.8, 4) is 0 Å². The Labute approximate surface area is 108 Å². The highest BCUT2D eigenvalue weighted by molar-refractivity contribution is 5.43. The molecule has 2 aromatic heterocycles. The third-order valence-electron chi connectivity index (χ3n) is 3.09. The normalized spacial score (nSPS) is 10.8. The molecule has 0 aliphatic heterocycles. The van der Waals surface area contributed by atoms with Crippen LogP contribution in [0.3, 0.4) is 0 Å². The second kappa shape index (κ2) is 5.21. The highest BCUT2D eigenvalue weighted by atomic mass is 15.3. The van der Waals surface area contributed by atoms with Gasteiger partial charge < -0.3 is 5.73 Å².